The molecule has 2 saturated carbocycles. The predicted molar refractivity (Wildman–Crippen MR) is 62.8 cm³/mol. The van der Waals surface area contributed by atoms with E-state index in [2.05, 4.69) is 5.32 Å². The maximum absolute atomic E-state index is 12.6. The molecule has 4 nitrogen and oxygen atoms in total. The van der Waals surface area contributed by atoms with Crippen LogP contribution in [-0.2, 0) is 4.79 Å². The molecule has 19 heavy (non-hydrogen) atoms. The lowest BCUT2D eigenvalue weighted by atomic mass is 9.92. The van der Waals surface area contributed by atoms with Crippen molar-refractivity contribution in [3.63, 3.8) is 0 Å². The number of carboxylic acid groups (broad SMARTS) is 1. The molecule has 0 aromatic rings. The Morgan fingerprint density at radius 2 is 1.84 bits per heavy atom. The Morgan fingerprint density at radius 1 is 1.26 bits per heavy atom. The standard InChI is InChI=1S/C12H19F3N2O2/c1-16-11(10(18)19,8-2-3-8)6-17(9-4-5-9)7-12(13,14)15/h8-9,16H,2-7H2,1H3,(H,18,19). The van der Waals surface area contributed by atoms with Crippen molar-refractivity contribution in [2.75, 3.05) is 20.1 Å². The highest BCUT2D eigenvalue weighted by Gasteiger charge is 2.53. The average Bonchev–Trinajstić information content (AvgIpc) is 3.16. The van der Waals surface area contributed by atoms with Crippen molar-refractivity contribution in [3.8, 4) is 0 Å². The van der Waals surface area contributed by atoms with Crippen molar-refractivity contribution < 1.29 is 23.1 Å². The van der Waals surface area contributed by atoms with Crippen molar-refractivity contribution in [1.29, 1.82) is 0 Å². The maximum atomic E-state index is 12.6. The highest BCUT2D eigenvalue weighted by Crippen LogP contribution is 2.42. The largest absolute Gasteiger partial charge is 0.480 e. The first-order chi connectivity index (χ1) is 8.78. The van der Waals surface area contributed by atoms with Gasteiger partial charge in [-0.2, -0.15) is 13.2 Å². The molecule has 110 valence electrons. The second-order valence-corrected chi connectivity index (χ2v) is 5.55. The molecule has 0 aliphatic heterocycles. The molecule has 0 radical (unpaired) electrons. The molecule has 2 N–H and O–H groups in total. The summed E-state index contributed by atoms with van der Waals surface area (Å²) < 4.78 is 37.7. The van der Waals surface area contributed by atoms with E-state index in [9.17, 15) is 23.1 Å². The highest BCUT2D eigenvalue weighted by molar-refractivity contribution is 5.80. The molecule has 2 rings (SSSR count). The molecule has 1 atom stereocenters. The molecule has 2 aliphatic carbocycles. The van der Waals surface area contributed by atoms with Crippen molar-refractivity contribution >= 4 is 5.97 Å². The summed E-state index contributed by atoms with van der Waals surface area (Å²) in [5.41, 5.74) is -1.24. The first-order valence-corrected chi connectivity index (χ1v) is 6.51. The average molecular weight is 280 g/mol. The smallest absolute Gasteiger partial charge is 0.401 e. The number of nitrogens with one attached hydrogen (secondary N) is 1. The van der Waals surface area contributed by atoms with E-state index in [0.717, 1.165) is 25.7 Å². The first kappa shape index (κ1) is 14.6. The highest BCUT2D eigenvalue weighted by atomic mass is 19.4. The Kier molecular flexibility index (Phi) is 3.79. The normalized spacial score (nSPS) is 23.4. The van der Waals surface area contributed by atoms with Gasteiger partial charge in [-0.05, 0) is 38.6 Å². The minimum atomic E-state index is -4.29. The van der Waals surface area contributed by atoms with Gasteiger partial charge >= 0.3 is 12.1 Å². The molecule has 0 amide bonds. The lowest BCUT2D eigenvalue weighted by Gasteiger charge is -2.35. The van der Waals surface area contributed by atoms with Crippen LogP contribution in [0.3, 0.4) is 0 Å². The molecular formula is C12H19F3N2O2. The zero-order chi connectivity index (χ0) is 14.3. The lowest BCUT2D eigenvalue weighted by molar-refractivity contribution is -0.158. The number of carboxylic acids is 1. The summed E-state index contributed by atoms with van der Waals surface area (Å²) in [4.78, 5) is 12.8. The molecule has 1 unspecified atom stereocenters. The van der Waals surface area contributed by atoms with Crippen LogP contribution in [0, 0.1) is 5.92 Å². The van der Waals surface area contributed by atoms with Gasteiger partial charge in [0.25, 0.3) is 0 Å². The van der Waals surface area contributed by atoms with Gasteiger partial charge in [-0.1, -0.05) is 0 Å². The minimum Gasteiger partial charge on any atom is -0.480 e. The molecule has 0 spiro atoms. The maximum Gasteiger partial charge on any atom is 0.401 e. The van der Waals surface area contributed by atoms with E-state index in [1.807, 2.05) is 0 Å². The van der Waals surface area contributed by atoms with Crippen molar-refractivity contribution in [1.82, 2.24) is 10.2 Å². The van der Waals surface area contributed by atoms with E-state index in [0.29, 0.717) is 0 Å². The van der Waals surface area contributed by atoms with Crippen LogP contribution in [0.15, 0.2) is 0 Å². The van der Waals surface area contributed by atoms with Crippen LogP contribution in [0.25, 0.3) is 0 Å². The van der Waals surface area contributed by atoms with Gasteiger partial charge in [-0.3, -0.25) is 9.69 Å². The number of aliphatic carboxylic acids is 1. The van der Waals surface area contributed by atoms with Gasteiger partial charge in [0.1, 0.15) is 5.54 Å². The number of rotatable bonds is 7. The minimum absolute atomic E-state index is 0.0653. The zero-order valence-electron chi connectivity index (χ0n) is 10.8. The second-order valence-electron chi connectivity index (χ2n) is 5.55. The topological polar surface area (TPSA) is 52.6 Å². The summed E-state index contributed by atoms with van der Waals surface area (Å²) in [6, 6.07) is -0.118. The van der Waals surface area contributed by atoms with E-state index in [1.165, 1.54) is 11.9 Å². The Labute approximate surface area is 110 Å². The van der Waals surface area contributed by atoms with Gasteiger partial charge in [0, 0.05) is 12.6 Å². The predicted octanol–water partition coefficient (Wildman–Crippen LogP) is 1.47. The number of hydrogen-bond acceptors (Lipinski definition) is 3. The van der Waals surface area contributed by atoms with E-state index < -0.39 is 24.2 Å². The molecular weight excluding hydrogens is 261 g/mol. The molecule has 0 saturated heterocycles. The molecule has 2 fully saturated rings. The van der Waals surface area contributed by atoms with Crippen LogP contribution in [0.4, 0.5) is 13.2 Å². The summed E-state index contributed by atoms with van der Waals surface area (Å²) in [7, 11) is 1.52. The molecule has 2 aliphatic rings. The van der Waals surface area contributed by atoms with Gasteiger partial charge in [-0.15, -0.1) is 0 Å². The Bertz CT molecular complexity index is 353. The third kappa shape index (κ3) is 3.39. The monoisotopic (exact) mass is 280 g/mol. The molecule has 7 heteroatoms. The number of likely N-dealkylation sites (N-methyl/N-ethyl adjacent to an activating group) is 1. The van der Waals surface area contributed by atoms with Crippen LogP contribution >= 0.6 is 0 Å². The van der Waals surface area contributed by atoms with Crippen LogP contribution in [0.2, 0.25) is 0 Å². The van der Waals surface area contributed by atoms with Gasteiger partial charge in [0.15, 0.2) is 0 Å². The van der Waals surface area contributed by atoms with Gasteiger partial charge in [0.2, 0.25) is 0 Å². The van der Waals surface area contributed by atoms with E-state index in [-0.39, 0.29) is 18.5 Å². The summed E-state index contributed by atoms with van der Waals surface area (Å²) >= 11 is 0. The summed E-state index contributed by atoms with van der Waals surface area (Å²) in [6.45, 7) is -1.10. The Hall–Kier alpha value is -0.820. The molecule has 0 bridgehead atoms. The quantitative estimate of drug-likeness (QED) is 0.741. The van der Waals surface area contributed by atoms with Crippen molar-refractivity contribution in [3.05, 3.63) is 0 Å². The molecule has 0 heterocycles. The SMILES string of the molecule is CNC(CN(CC(F)(F)F)C1CC1)(C(=O)O)C1CC1. The first-order valence-electron chi connectivity index (χ1n) is 6.51. The number of hydrogen-bond donors (Lipinski definition) is 2. The fourth-order valence-electron chi connectivity index (χ4n) is 2.64. The number of alkyl halides is 3. The second kappa shape index (κ2) is 4.94. The van der Waals surface area contributed by atoms with Crippen molar-refractivity contribution in [2.24, 2.45) is 5.92 Å². The number of carbonyl (C=O) groups is 1. The van der Waals surface area contributed by atoms with Crippen molar-refractivity contribution in [2.45, 2.75) is 43.4 Å². The molecule has 0 aromatic heterocycles. The van der Waals surface area contributed by atoms with E-state index in [1.54, 1.807) is 0 Å². The fraction of sp³-hybridized carbons (Fsp3) is 0.917. The van der Waals surface area contributed by atoms with Crippen LogP contribution in [0.5, 0.6) is 0 Å². The number of halogens is 3. The third-order valence-electron chi connectivity index (χ3n) is 4.00. The fourth-order valence-corrected chi connectivity index (χ4v) is 2.64. The Balaban J connectivity index is 2.11. The molecule has 0 aromatic carbocycles. The summed E-state index contributed by atoms with van der Waals surface area (Å²) in [5, 5.41) is 12.2. The number of nitrogens with zero attached hydrogens (tertiary/aromatic N) is 1. The summed E-state index contributed by atoms with van der Waals surface area (Å²) in [6.07, 6.45) is -1.32. The van der Waals surface area contributed by atoms with Gasteiger partial charge in [-0.25, -0.2) is 0 Å². The van der Waals surface area contributed by atoms with E-state index in [4.69, 9.17) is 0 Å². The van der Waals surface area contributed by atoms with E-state index >= 15 is 0 Å². The van der Waals surface area contributed by atoms with Crippen LogP contribution in [0.1, 0.15) is 25.7 Å². The lowest BCUT2D eigenvalue weighted by Crippen LogP contribution is -2.60. The summed E-state index contributed by atoms with van der Waals surface area (Å²) in [5.74, 6) is -1.12. The Morgan fingerprint density at radius 3 is 2.16 bits per heavy atom. The van der Waals surface area contributed by atoms with Crippen LogP contribution in [-0.4, -0.2) is 53.9 Å². The zero-order valence-corrected chi connectivity index (χ0v) is 10.8. The third-order valence-corrected chi connectivity index (χ3v) is 4.00. The van der Waals surface area contributed by atoms with Crippen LogP contribution < -0.4 is 5.32 Å². The van der Waals surface area contributed by atoms with Gasteiger partial charge in [0.05, 0.1) is 6.54 Å². The van der Waals surface area contributed by atoms with Gasteiger partial charge < -0.3 is 10.4 Å².